The summed E-state index contributed by atoms with van der Waals surface area (Å²) < 4.78 is 11.0. The van der Waals surface area contributed by atoms with Gasteiger partial charge in [0.15, 0.2) is 0 Å². The van der Waals surface area contributed by atoms with Crippen LogP contribution in [0.25, 0.3) is 10.4 Å². The molecule has 7 heteroatoms. The Hall–Kier alpha value is -1.56. The first-order chi connectivity index (χ1) is 10.1. The first-order valence-corrected chi connectivity index (χ1v) is 7.40. The van der Waals surface area contributed by atoms with Crippen molar-refractivity contribution in [3.63, 3.8) is 0 Å². The maximum atomic E-state index is 11.9. The summed E-state index contributed by atoms with van der Waals surface area (Å²) in [5, 5.41) is 3.69. The van der Waals surface area contributed by atoms with Crippen LogP contribution >= 0.6 is 0 Å². The molecule has 3 unspecified atom stereocenters. The Kier molecular flexibility index (Phi) is 7.22. The quantitative estimate of drug-likeness (QED) is 0.336. The standard InChI is InChI=1S/C14H24N4O3/c1-4-10(5-2)21-12-8-9(14(19)20-6-3)7-11(13(12)15)17-18-16/h8,10-13H,4-7,15H2,1-3H3. The molecule has 0 radical (unpaired) electrons. The first-order valence-electron chi connectivity index (χ1n) is 7.40. The van der Waals surface area contributed by atoms with Gasteiger partial charge in [-0.25, -0.2) is 4.79 Å². The number of carbonyl (C=O) groups is 1. The number of esters is 1. The SMILES string of the molecule is CCOC(=O)C1=CC(OC(CC)CC)C(N)C(N=[N+]=[N-])C1. The predicted molar refractivity (Wildman–Crippen MR) is 79.5 cm³/mol. The summed E-state index contributed by atoms with van der Waals surface area (Å²) in [4.78, 5) is 14.7. The molecule has 1 aliphatic carbocycles. The summed E-state index contributed by atoms with van der Waals surface area (Å²) in [5.41, 5.74) is 15.2. The molecule has 0 heterocycles. The Morgan fingerprint density at radius 2 is 2.19 bits per heavy atom. The monoisotopic (exact) mass is 296 g/mol. The van der Waals surface area contributed by atoms with E-state index in [1.807, 2.05) is 13.8 Å². The van der Waals surface area contributed by atoms with Gasteiger partial charge in [0.2, 0.25) is 0 Å². The molecule has 0 aliphatic heterocycles. The van der Waals surface area contributed by atoms with E-state index in [0.717, 1.165) is 12.8 Å². The topological polar surface area (TPSA) is 110 Å². The van der Waals surface area contributed by atoms with Gasteiger partial charge in [-0.3, -0.25) is 0 Å². The van der Waals surface area contributed by atoms with Crippen LogP contribution in [0, 0.1) is 0 Å². The zero-order chi connectivity index (χ0) is 15.8. The maximum absolute atomic E-state index is 11.9. The zero-order valence-corrected chi connectivity index (χ0v) is 12.9. The number of rotatable bonds is 7. The molecule has 118 valence electrons. The largest absolute Gasteiger partial charge is 0.463 e. The van der Waals surface area contributed by atoms with Gasteiger partial charge in [-0.15, -0.1) is 0 Å². The van der Waals surface area contributed by atoms with Gasteiger partial charge < -0.3 is 15.2 Å². The minimum absolute atomic E-state index is 0.0607. The molecular weight excluding hydrogens is 272 g/mol. The van der Waals surface area contributed by atoms with Crippen molar-refractivity contribution in [2.24, 2.45) is 10.8 Å². The number of hydrogen-bond donors (Lipinski definition) is 1. The van der Waals surface area contributed by atoms with E-state index in [9.17, 15) is 4.79 Å². The Morgan fingerprint density at radius 3 is 2.71 bits per heavy atom. The van der Waals surface area contributed by atoms with Gasteiger partial charge in [0.1, 0.15) is 0 Å². The molecule has 7 nitrogen and oxygen atoms in total. The fourth-order valence-corrected chi connectivity index (χ4v) is 2.35. The molecule has 3 atom stereocenters. The average molecular weight is 296 g/mol. The van der Waals surface area contributed by atoms with Gasteiger partial charge in [-0.05, 0) is 37.8 Å². The molecule has 1 rings (SSSR count). The Balaban J connectivity index is 2.97. The van der Waals surface area contributed by atoms with Crippen molar-refractivity contribution in [2.75, 3.05) is 6.61 Å². The lowest BCUT2D eigenvalue weighted by atomic mass is 9.89. The summed E-state index contributed by atoms with van der Waals surface area (Å²) in [6, 6.07) is -0.960. The lowest BCUT2D eigenvalue weighted by molar-refractivity contribution is -0.139. The van der Waals surface area contributed by atoms with Gasteiger partial charge in [0.25, 0.3) is 0 Å². The van der Waals surface area contributed by atoms with Crippen molar-refractivity contribution < 1.29 is 14.3 Å². The molecule has 0 amide bonds. The Labute approximate surface area is 125 Å². The molecule has 0 saturated heterocycles. The lowest BCUT2D eigenvalue weighted by Crippen LogP contribution is -2.48. The van der Waals surface area contributed by atoms with Crippen LogP contribution in [0.15, 0.2) is 16.8 Å². The summed E-state index contributed by atoms with van der Waals surface area (Å²) in [7, 11) is 0. The first kappa shape index (κ1) is 17.5. The van der Waals surface area contributed by atoms with Crippen LogP contribution in [0.5, 0.6) is 0 Å². The second-order valence-corrected chi connectivity index (χ2v) is 5.01. The maximum Gasteiger partial charge on any atom is 0.333 e. The number of carbonyl (C=O) groups excluding carboxylic acids is 1. The summed E-state index contributed by atoms with van der Waals surface area (Å²) >= 11 is 0. The van der Waals surface area contributed by atoms with Gasteiger partial charge >= 0.3 is 5.97 Å². The highest BCUT2D eigenvalue weighted by Crippen LogP contribution is 2.25. The molecule has 0 spiro atoms. The third-order valence-electron chi connectivity index (χ3n) is 3.62. The smallest absolute Gasteiger partial charge is 0.333 e. The molecule has 0 aromatic rings. The number of nitrogens with two attached hydrogens (primary N) is 1. The van der Waals surface area contributed by atoms with Crippen molar-refractivity contribution in [2.45, 2.75) is 64.3 Å². The van der Waals surface area contributed by atoms with Crippen LogP contribution in [0.4, 0.5) is 0 Å². The predicted octanol–water partition coefficient (Wildman–Crippen LogP) is 2.46. The van der Waals surface area contributed by atoms with Crippen LogP contribution < -0.4 is 5.73 Å². The van der Waals surface area contributed by atoms with E-state index < -0.39 is 24.2 Å². The molecule has 2 N–H and O–H groups in total. The molecular formula is C14H24N4O3. The number of nitrogens with zero attached hydrogens (tertiary/aromatic N) is 3. The van der Waals surface area contributed by atoms with Crippen LogP contribution in [-0.4, -0.2) is 36.9 Å². The van der Waals surface area contributed by atoms with Gasteiger partial charge in [0, 0.05) is 16.5 Å². The highest BCUT2D eigenvalue weighted by molar-refractivity contribution is 5.89. The van der Waals surface area contributed by atoms with Gasteiger partial charge in [-0.2, -0.15) is 0 Å². The summed E-state index contributed by atoms with van der Waals surface area (Å²) in [6.07, 6.45) is 3.32. The molecule has 0 aromatic heterocycles. The van der Waals surface area contributed by atoms with Crippen molar-refractivity contribution in [3.05, 3.63) is 22.1 Å². The highest BCUT2D eigenvalue weighted by atomic mass is 16.5. The minimum atomic E-state index is -0.501. The van der Waals surface area contributed by atoms with E-state index in [0.29, 0.717) is 12.2 Å². The van der Waals surface area contributed by atoms with Gasteiger partial charge in [-0.1, -0.05) is 19.0 Å². The van der Waals surface area contributed by atoms with Crippen molar-refractivity contribution in [1.29, 1.82) is 0 Å². The Bertz CT molecular complexity index is 428. The van der Waals surface area contributed by atoms with Crippen molar-refractivity contribution >= 4 is 5.97 Å². The molecule has 0 fully saturated rings. The Morgan fingerprint density at radius 1 is 1.52 bits per heavy atom. The number of hydrogen-bond acceptors (Lipinski definition) is 5. The fourth-order valence-electron chi connectivity index (χ4n) is 2.35. The lowest BCUT2D eigenvalue weighted by Gasteiger charge is -2.33. The van der Waals surface area contributed by atoms with Crippen LogP contribution in [0.2, 0.25) is 0 Å². The average Bonchev–Trinajstić information content (AvgIpc) is 2.48. The van der Waals surface area contributed by atoms with E-state index in [4.69, 9.17) is 20.7 Å². The molecule has 0 bridgehead atoms. The van der Waals surface area contributed by atoms with Crippen LogP contribution in [0.1, 0.15) is 40.0 Å². The third-order valence-corrected chi connectivity index (χ3v) is 3.62. The van der Waals surface area contributed by atoms with E-state index in [1.165, 1.54) is 0 Å². The zero-order valence-electron chi connectivity index (χ0n) is 12.9. The summed E-state index contributed by atoms with van der Waals surface area (Å²) in [6.45, 7) is 6.11. The van der Waals surface area contributed by atoms with E-state index >= 15 is 0 Å². The van der Waals surface area contributed by atoms with Crippen LogP contribution in [-0.2, 0) is 14.3 Å². The van der Waals surface area contributed by atoms with Crippen molar-refractivity contribution in [1.82, 2.24) is 0 Å². The van der Waals surface area contributed by atoms with E-state index in [2.05, 4.69) is 10.0 Å². The van der Waals surface area contributed by atoms with Gasteiger partial charge in [0.05, 0.1) is 24.9 Å². The fraction of sp³-hybridized carbons (Fsp3) is 0.786. The number of ether oxygens (including phenoxy) is 2. The van der Waals surface area contributed by atoms with E-state index in [1.54, 1.807) is 13.0 Å². The molecule has 0 saturated carbocycles. The second-order valence-electron chi connectivity index (χ2n) is 5.01. The van der Waals surface area contributed by atoms with Crippen LogP contribution in [0.3, 0.4) is 0 Å². The van der Waals surface area contributed by atoms with E-state index in [-0.39, 0.29) is 12.5 Å². The second kappa shape index (κ2) is 8.67. The molecule has 0 aromatic carbocycles. The summed E-state index contributed by atoms with van der Waals surface area (Å²) in [5.74, 6) is -0.402. The molecule has 1 aliphatic rings. The third kappa shape index (κ3) is 4.74. The van der Waals surface area contributed by atoms with Crippen molar-refractivity contribution in [3.8, 4) is 0 Å². The molecule has 21 heavy (non-hydrogen) atoms. The minimum Gasteiger partial charge on any atom is -0.463 e. The normalized spacial score (nSPS) is 25.2. The number of azide groups is 1. The highest BCUT2D eigenvalue weighted by Gasteiger charge is 2.34.